The lowest BCUT2D eigenvalue weighted by Gasteiger charge is -2.03. The van der Waals surface area contributed by atoms with Crippen molar-refractivity contribution in [3.05, 3.63) is 76.4 Å². The van der Waals surface area contributed by atoms with Crippen LogP contribution in [0.4, 0.5) is 5.69 Å². The number of hydrogen-bond acceptors (Lipinski definition) is 7. The maximum Gasteiger partial charge on any atom is 0.335 e. The molecule has 0 atom stereocenters. The number of nitrogens with zero attached hydrogens (tertiary/aromatic N) is 1. The first kappa shape index (κ1) is 21.9. The minimum absolute atomic E-state index is 0.175. The molecule has 9 nitrogen and oxygen atoms in total. The lowest BCUT2D eigenvalue weighted by Crippen LogP contribution is -2.19. The summed E-state index contributed by atoms with van der Waals surface area (Å²) in [5.41, 5.74) is 0.590. The molecule has 0 unspecified atom stereocenters. The van der Waals surface area contributed by atoms with Gasteiger partial charge in [-0.15, -0.1) is 0 Å². The number of benzene rings is 2. The lowest BCUT2D eigenvalue weighted by atomic mass is 10.0. The Labute approximate surface area is 191 Å². The van der Waals surface area contributed by atoms with Crippen LogP contribution in [0.25, 0.3) is 17.4 Å². The summed E-state index contributed by atoms with van der Waals surface area (Å²) < 4.78 is 10.8. The Balaban J connectivity index is 1.57. The van der Waals surface area contributed by atoms with E-state index in [0.717, 1.165) is 17.8 Å². The smallest absolute Gasteiger partial charge is 0.335 e. The van der Waals surface area contributed by atoms with Crippen molar-refractivity contribution in [1.29, 1.82) is 0 Å². The number of carbonyl (C=O) groups is 3. The van der Waals surface area contributed by atoms with Crippen LogP contribution in [-0.2, 0) is 4.79 Å². The monoisotopic (exact) mass is 464 g/mol. The molecule has 0 radical (unpaired) electrons. The standard InChI is InChI=1S/C23H16N2O7S/c1-31-16-4-2-15(3-5-16)24-23-25-20(26)19(33-23)11-17-6-7-18(32-17)12-8-13(21(27)28)10-14(9-12)22(29)30/h2-11H,1H3,(H,27,28)(H,29,30)(H,24,25,26)/b19-11+. The molecule has 3 N–H and O–H groups in total. The summed E-state index contributed by atoms with van der Waals surface area (Å²) in [4.78, 5) is 39.7. The number of furan rings is 1. The Kier molecular flexibility index (Phi) is 6.01. The van der Waals surface area contributed by atoms with Crippen molar-refractivity contribution < 1.29 is 33.8 Å². The van der Waals surface area contributed by atoms with Crippen LogP contribution in [-0.4, -0.2) is 40.3 Å². The van der Waals surface area contributed by atoms with Gasteiger partial charge in [0.1, 0.15) is 17.3 Å². The molecule has 10 heteroatoms. The molecule has 0 aliphatic carbocycles. The highest BCUT2D eigenvalue weighted by molar-refractivity contribution is 8.18. The van der Waals surface area contributed by atoms with Gasteiger partial charge in [-0.1, -0.05) is 0 Å². The maximum atomic E-state index is 12.3. The zero-order valence-corrected chi connectivity index (χ0v) is 17.9. The third kappa shape index (κ3) is 4.96. The molecule has 4 rings (SSSR count). The van der Waals surface area contributed by atoms with E-state index in [2.05, 4.69) is 10.3 Å². The first-order valence-electron chi connectivity index (χ1n) is 9.48. The largest absolute Gasteiger partial charge is 0.497 e. The summed E-state index contributed by atoms with van der Waals surface area (Å²) in [6.45, 7) is 0. The molecular weight excluding hydrogens is 448 g/mol. The van der Waals surface area contributed by atoms with E-state index >= 15 is 0 Å². The predicted molar refractivity (Wildman–Crippen MR) is 122 cm³/mol. The van der Waals surface area contributed by atoms with Crippen LogP contribution in [0.3, 0.4) is 0 Å². The molecule has 1 fully saturated rings. The quantitative estimate of drug-likeness (QED) is 0.461. The highest BCUT2D eigenvalue weighted by Gasteiger charge is 2.24. The number of nitrogens with one attached hydrogen (secondary N) is 1. The van der Waals surface area contributed by atoms with Crippen molar-refractivity contribution in [2.24, 2.45) is 4.99 Å². The van der Waals surface area contributed by atoms with Gasteiger partial charge in [0, 0.05) is 11.6 Å². The molecule has 0 saturated carbocycles. The van der Waals surface area contributed by atoms with Gasteiger partial charge in [-0.3, -0.25) is 4.79 Å². The molecule has 0 bridgehead atoms. The van der Waals surface area contributed by atoms with E-state index in [1.807, 2.05) is 0 Å². The average Bonchev–Trinajstić information content (AvgIpc) is 3.40. The Hall–Kier alpha value is -4.31. The molecule has 166 valence electrons. The molecule has 33 heavy (non-hydrogen) atoms. The molecule has 3 aromatic rings. The molecule has 1 aliphatic rings. The fourth-order valence-corrected chi connectivity index (χ4v) is 3.81. The van der Waals surface area contributed by atoms with Crippen LogP contribution in [0.2, 0.25) is 0 Å². The molecule has 2 heterocycles. The highest BCUT2D eigenvalue weighted by atomic mass is 32.2. The minimum atomic E-state index is -1.25. The van der Waals surface area contributed by atoms with Crippen LogP contribution in [0.1, 0.15) is 26.5 Å². The normalized spacial score (nSPS) is 15.6. The van der Waals surface area contributed by atoms with Crippen LogP contribution in [0.15, 0.2) is 68.9 Å². The predicted octanol–water partition coefficient (Wildman–Crippen LogP) is 4.24. The molecule has 2 aromatic carbocycles. The fourth-order valence-electron chi connectivity index (χ4n) is 2.99. The van der Waals surface area contributed by atoms with E-state index in [1.165, 1.54) is 18.2 Å². The zero-order chi connectivity index (χ0) is 23.5. The van der Waals surface area contributed by atoms with Crippen LogP contribution in [0, 0.1) is 0 Å². The number of ether oxygens (including phenoxy) is 1. The van der Waals surface area contributed by atoms with E-state index in [0.29, 0.717) is 32.8 Å². The number of thioether (sulfide) groups is 1. The number of methoxy groups -OCH3 is 1. The third-order valence-corrected chi connectivity index (χ3v) is 5.48. The SMILES string of the molecule is COc1ccc(N=C2NC(=O)/C(=C\c3ccc(-c4cc(C(=O)O)cc(C(=O)O)c4)o3)S2)cc1. The van der Waals surface area contributed by atoms with Crippen molar-refractivity contribution in [1.82, 2.24) is 5.32 Å². The minimum Gasteiger partial charge on any atom is -0.497 e. The Morgan fingerprint density at radius 1 is 1.03 bits per heavy atom. The topological polar surface area (TPSA) is 138 Å². The van der Waals surface area contributed by atoms with Gasteiger partial charge in [0.15, 0.2) is 5.17 Å². The Morgan fingerprint density at radius 3 is 2.30 bits per heavy atom. The number of aromatic carboxylic acids is 2. The fraction of sp³-hybridized carbons (Fsp3) is 0.0435. The van der Waals surface area contributed by atoms with Crippen LogP contribution in [0.5, 0.6) is 5.75 Å². The van der Waals surface area contributed by atoms with E-state index in [1.54, 1.807) is 43.5 Å². The second-order valence-electron chi connectivity index (χ2n) is 6.79. The highest BCUT2D eigenvalue weighted by Crippen LogP contribution is 2.31. The summed E-state index contributed by atoms with van der Waals surface area (Å²) in [6.07, 6.45) is 1.53. The number of carbonyl (C=O) groups excluding carboxylic acids is 1. The van der Waals surface area contributed by atoms with Gasteiger partial charge in [0.05, 0.1) is 28.8 Å². The Morgan fingerprint density at radius 2 is 1.70 bits per heavy atom. The summed E-state index contributed by atoms with van der Waals surface area (Å²) in [6, 6.07) is 13.9. The van der Waals surface area contributed by atoms with E-state index in [9.17, 15) is 24.6 Å². The molecule has 1 aromatic heterocycles. The lowest BCUT2D eigenvalue weighted by molar-refractivity contribution is -0.115. The number of amides is 1. The second-order valence-corrected chi connectivity index (χ2v) is 7.82. The van der Waals surface area contributed by atoms with Gasteiger partial charge in [-0.2, -0.15) is 0 Å². The Bertz CT molecular complexity index is 1290. The van der Waals surface area contributed by atoms with Gasteiger partial charge in [0.25, 0.3) is 5.91 Å². The second kappa shape index (κ2) is 9.05. The van der Waals surface area contributed by atoms with Crippen molar-refractivity contribution in [3.63, 3.8) is 0 Å². The van der Waals surface area contributed by atoms with E-state index in [4.69, 9.17) is 9.15 Å². The maximum absolute atomic E-state index is 12.3. The number of hydrogen-bond donors (Lipinski definition) is 3. The molecule has 1 amide bonds. The molecule has 0 spiro atoms. The summed E-state index contributed by atoms with van der Waals surface area (Å²) in [5, 5.41) is 21.6. The van der Waals surface area contributed by atoms with Gasteiger partial charge in [-0.05, 0) is 66.4 Å². The molecule has 1 saturated heterocycles. The summed E-state index contributed by atoms with van der Waals surface area (Å²) in [5.74, 6) is -1.55. The summed E-state index contributed by atoms with van der Waals surface area (Å²) in [7, 11) is 1.57. The average molecular weight is 464 g/mol. The van der Waals surface area contributed by atoms with Crippen molar-refractivity contribution >= 4 is 46.5 Å². The zero-order valence-electron chi connectivity index (χ0n) is 17.1. The molecule has 1 aliphatic heterocycles. The van der Waals surface area contributed by atoms with Crippen molar-refractivity contribution in [2.45, 2.75) is 0 Å². The van der Waals surface area contributed by atoms with Crippen LogP contribution < -0.4 is 10.1 Å². The third-order valence-electron chi connectivity index (χ3n) is 4.57. The number of aliphatic imine (C=N–C) groups is 1. The van der Waals surface area contributed by atoms with Gasteiger partial charge in [0.2, 0.25) is 0 Å². The number of carboxylic acids is 2. The van der Waals surface area contributed by atoms with E-state index in [-0.39, 0.29) is 22.8 Å². The van der Waals surface area contributed by atoms with Gasteiger partial charge < -0.3 is 24.7 Å². The first-order chi connectivity index (χ1) is 15.8. The van der Waals surface area contributed by atoms with Crippen molar-refractivity contribution in [3.8, 4) is 17.1 Å². The van der Waals surface area contributed by atoms with E-state index < -0.39 is 11.9 Å². The summed E-state index contributed by atoms with van der Waals surface area (Å²) >= 11 is 1.14. The number of carboxylic acid groups (broad SMARTS) is 2. The van der Waals surface area contributed by atoms with Gasteiger partial charge in [-0.25, -0.2) is 14.6 Å². The number of amidine groups is 1. The van der Waals surface area contributed by atoms with Crippen molar-refractivity contribution in [2.75, 3.05) is 7.11 Å². The van der Waals surface area contributed by atoms with Crippen LogP contribution >= 0.6 is 11.8 Å². The number of rotatable bonds is 6. The first-order valence-corrected chi connectivity index (χ1v) is 10.3. The van der Waals surface area contributed by atoms with Gasteiger partial charge >= 0.3 is 11.9 Å². The molecular formula is C23H16N2O7S.